The second-order valence-corrected chi connectivity index (χ2v) is 4.91. The third-order valence-corrected chi connectivity index (χ3v) is 2.52. The maximum Gasteiger partial charge on any atom is 0.416 e. The van der Waals surface area contributed by atoms with Crippen LogP contribution in [0.5, 0.6) is 0 Å². The Kier molecular flexibility index (Phi) is 3.97. The quantitative estimate of drug-likeness (QED) is 0.743. The maximum absolute atomic E-state index is 12.9. The molecule has 1 amide bonds. The van der Waals surface area contributed by atoms with Crippen LogP contribution in [-0.4, -0.2) is 16.7 Å². The van der Waals surface area contributed by atoms with Crippen LogP contribution in [0.15, 0.2) is 18.2 Å². The fourth-order valence-electron chi connectivity index (χ4n) is 1.82. The van der Waals surface area contributed by atoms with E-state index in [0.29, 0.717) is 0 Å². The van der Waals surface area contributed by atoms with Gasteiger partial charge in [0, 0.05) is 11.2 Å². The van der Waals surface area contributed by atoms with Crippen molar-refractivity contribution in [1.29, 1.82) is 0 Å². The van der Waals surface area contributed by atoms with Gasteiger partial charge in [-0.2, -0.15) is 13.2 Å². The summed E-state index contributed by atoms with van der Waals surface area (Å²) in [6.45, 7) is 3.02. The van der Waals surface area contributed by atoms with Gasteiger partial charge in [-0.3, -0.25) is 0 Å². The lowest BCUT2D eigenvalue weighted by Crippen LogP contribution is -2.44. The molecule has 4 N–H and O–H groups in total. The van der Waals surface area contributed by atoms with Crippen LogP contribution >= 0.6 is 0 Å². The Balaban J connectivity index is 3.11. The summed E-state index contributed by atoms with van der Waals surface area (Å²) in [5.74, 6) is 0. The fraction of sp³-hybridized carbons (Fsp3) is 0.417. The molecule has 0 unspecified atom stereocenters. The van der Waals surface area contributed by atoms with Crippen LogP contribution in [0.4, 0.5) is 23.7 Å². The highest BCUT2D eigenvalue weighted by Gasteiger charge is 2.35. The molecule has 0 aromatic heterocycles. The van der Waals surface area contributed by atoms with Crippen molar-refractivity contribution < 1.29 is 23.1 Å². The molecule has 0 fully saturated rings. The zero-order valence-electron chi connectivity index (χ0n) is 10.5. The summed E-state index contributed by atoms with van der Waals surface area (Å²) >= 11 is 0. The highest BCUT2D eigenvalue weighted by molar-refractivity contribution is 5.65. The molecule has 0 aliphatic rings. The summed E-state index contributed by atoms with van der Waals surface area (Å²) < 4.78 is 38.6. The van der Waals surface area contributed by atoms with E-state index in [1.165, 1.54) is 26.0 Å². The normalized spacial score (nSPS) is 12.3. The third kappa shape index (κ3) is 4.35. The number of nitrogens with two attached hydrogens (primary N) is 1. The van der Waals surface area contributed by atoms with Crippen LogP contribution < -0.4 is 11.1 Å². The van der Waals surface area contributed by atoms with Crippen LogP contribution in [0, 0.1) is 0 Å². The number of carboxylic acid groups (broad SMARTS) is 1. The summed E-state index contributed by atoms with van der Waals surface area (Å²) in [7, 11) is 0. The number of carbonyl (C=O) groups is 1. The molecular formula is C12H15F3N2O2. The number of alkyl halides is 3. The Labute approximate surface area is 108 Å². The van der Waals surface area contributed by atoms with Gasteiger partial charge >= 0.3 is 12.3 Å². The van der Waals surface area contributed by atoms with Gasteiger partial charge in [0.15, 0.2) is 0 Å². The lowest BCUT2D eigenvalue weighted by Gasteiger charge is -2.26. The van der Waals surface area contributed by atoms with Crippen LogP contribution in [0.1, 0.15) is 25.0 Å². The Morgan fingerprint density at radius 1 is 1.37 bits per heavy atom. The Morgan fingerprint density at radius 3 is 2.42 bits per heavy atom. The minimum Gasteiger partial charge on any atom is -0.465 e. The van der Waals surface area contributed by atoms with Crippen molar-refractivity contribution in [2.75, 3.05) is 5.73 Å². The van der Waals surface area contributed by atoms with E-state index >= 15 is 0 Å². The lowest BCUT2D eigenvalue weighted by atomic mass is 9.91. The van der Waals surface area contributed by atoms with Crippen LogP contribution in [0.3, 0.4) is 0 Å². The molecule has 19 heavy (non-hydrogen) atoms. The average Bonchev–Trinajstić information content (AvgIpc) is 2.16. The number of benzene rings is 1. The monoisotopic (exact) mass is 276 g/mol. The van der Waals surface area contributed by atoms with Crippen molar-refractivity contribution >= 4 is 11.8 Å². The van der Waals surface area contributed by atoms with Crippen molar-refractivity contribution in [3.05, 3.63) is 29.3 Å². The summed E-state index contributed by atoms with van der Waals surface area (Å²) in [6, 6.07) is 3.48. The molecule has 4 nitrogen and oxygen atoms in total. The Bertz CT molecular complexity index is 484. The first-order valence-electron chi connectivity index (χ1n) is 5.48. The number of hydrogen-bond donors (Lipinski definition) is 3. The van der Waals surface area contributed by atoms with Gasteiger partial charge in [-0.15, -0.1) is 0 Å². The third-order valence-electron chi connectivity index (χ3n) is 2.52. The standard InChI is InChI=1S/C12H15F3N2O2/c1-11(2,17-10(18)19)6-7-3-4-8(16)5-9(7)12(13,14)15/h3-5,17H,6,16H2,1-2H3,(H,18,19). The number of anilines is 1. The van der Waals surface area contributed by atoms with Gasteiger partial charge in [0.05, 0.1) is 5.56 Å². The van der Waals surface area contributed by atoms with E-state index in [0.717, 1.165) is 6.07 Å². The predicted molar refractivity (Wildman–Crippen MR) is 64.8 cm³/mol. The number of hydrogen-bond acceptors (Lipinski definition) is 2. The topological polar surface area (TPSA) is 75.3 Å². The highest BCUT2D eigenvalue weighted by Crippen LogP contribution is 2.34. The largest absolute Gasteiger partial charge is 0.465 e. The van der Waals surface area contributed by atoms with Gasteiger partial charge < -0.3 is 16.2 Å². The highest BCUT2D eigenvalue weighted by atomic mass is 19.4. The van der Waals surface area contributed by atoms with Crippen LogP contribution in [0.2, 0.25) is 0 Å². The fourth-order valence-corrected chi connectivity index (χ4v) is 1.82. The number of halogens is 3. The minimum atomic E-state index is -4.52. The first-order valence-corrected chi connectivity index (χ1v) is 5.48. The van der Waals surface area contributed by atoms with Crippen molar-refractivity contribution in [3.63, 3.8) is 0 Å². The predicted octanol–water partition coefficient (Wildman–Crippen LogP) is 2.88. The van der Waals surface area contributed by atoms with E-state index in [1.807, 2.05) is 0 Å². The first kappa shape index (κ1) is 15.1. The molecule has 0 aliphatic carbocycles. The summed E-state index contributed by atoms with van der Waals surface area (Å²) in [5, 5.41) is 10.8. The summed E-state index contributed by atoms with van der Waals surface area (Å²) in [6.07, 6.45) is -5.90. The number of nitrogen functional groups attached to an aromatic ring is 1. The van der Waals surface area contributed by atoms with E-state index in [-0.39, 0.29) is 17.7 Å². The van der Waals surface area contributed by atoms with E-state index < -0.39 is 23.4 Å². The molecule has 1 aromatic rings. The van der Waals surface area contributed by atoms with Gasteiger partial charge in [0.25, 0.3) is 0 Å². The van der Waals surface area contributed by atoms with Crippen molar-refractivity contribution in [2.45, 2.75) is 32.0 Å². The summed E-state index contributed by atoms with van der Waals surface area (Å²) in [4.78, 5) is 10.6. The number of amides is 1. The van der Waals surface area contributed by atoms with Crippen LogP contribution in [0.25, 0.3) is 0 Å². The number of nitrogens with one attached hydrogen (secondary N) is 1. The molecule has 0 heterocycles. The van der Waals surface area contributed by atoms with E-state index in [4.69, 9.17) is 10.8 Å². The van der Waals surface area contributed by atoms with Crippen LogP contribution in [-0.2, 0) is 12.6 Å². The summed E-state index contributed by atoms with van der Waals surface area (Å²) in [5.41, 5.74) is 3.52. The first-order chi connectivity index (χ1) is 8.51. The molecule has 0 saturated heterocycles. The van der Waals surface area contributed by atoms with Crippen molar-refractivity contribution in [1.82, 2.24) is 5.32 Å². The van der Waals surface area contributed by atoms with Gasteiger partial charge in [0.2, 0.25) is 0 Å². The van der Waals surface area contributed by atoms with Crippen molar-refractivity contribution in [2.24, 2.45) is 0 Å². The molecule has 7 heteroatoms. The van der Waals surface area contributed by atoms with Gasteiger partial charge in [0.1, 0.15) is 0 Å². The van der Waals surface area contributed by atoms with Gasteiger partial charge in [-0.25, -0.2) is 4.79 Å². The molecule has 0 aliphatic heterocycles. The maximum atomic E-state index is 12.9. The zero-order valence-corrected chi connectivity index (χ0v) is 10.5. The van der Waals surface area contributed by atoms with Gasteiger partial charge in [-0.1, -0.05) is 6.07 Å². The van der Waals surface area contributed by atoms with E-state index in [9.17, 15) is 18.0 Å². The van der Waals surface area contributed by atoms with E-state index in [2.05, 4.69) is 5.32 Å². The molecule has 1 aromatic carbocycles. The van der Waals surface area contributed by atoms with E-state index in [1.54, 1.807) is 0 Å². The molecule has 0 saturated carbocycles. The molecular weight excluding hydrogens is 261 g/mol. The molecule has 0 radical (unpaired) electrons. The molecule has 0 atom stereocenters. The molecule has 0 bridgehead atoms. The second-order valence-electron chi connectivity index (χ2n) is 4.91. The molecule has 106 valence electrons. The lowest BCUT2D eigenvalue weighted by molar-refractivity contribution is -0.138. The van der Waals surface area contributed by atoms with Crippen molar-refractivity contribution in [3.8, 4) is 0 Å². The second kappa shape index (κ2) is 4.99. The molecule has 1 rings (SSSR count). The molecule has 0 spiro atoms. The minimum absolute atomic E-state index is 0.000417. The SMILES string of the molecule is CC(C)(Cc1ccc(N)cc1C(F)(F)F)NC(=O)O. The Hall–Kier alpha value is -1.92. The van der Waals surface area contributed by atoms with Gasteiger partial charge in [-0.05, 0) is 38.0 Å². The zero-order chi connectivity index (χ0) is 14.8. The number of rotatable bonds is 3. The smallest absolute Gasteiger partial charge is 0.416 e. The Morgan fingerprint density at radius 2 is 1.95 bits per heavy atom. The average molecular weight is 276 g/mol.